The average Bonchev–Trinajstić information content (AvgIpc) is 2.27. The van der Waals surface area contributed by atoms with Crippen LogP contribution in [0, 0.1) is 0 Å². The van der Waals surface area contributed by atoms with Crippen LogP contribution in [0.5, 0.6) is 0 Å². The van der Waals surface area contributed by atoms with Crippen LogP contribution in [0.4, 0.5) is 5.69 Å². The Labute approximate surface area is 109 Å². The highest BCUT2D eigenvalue weighted by molar-refractivity contribution is 5.92. The third kappa shape index (κ3) is 2.33. The average molecular weight is 242 g/mol. The van der Waals surface area contributed by atoms with E-state index in [4.69, 9.17) is 10.7 Å². The van der Waals surface area contributed by atoms with Crippen LogP contribution in [0.2, 0.25) is 0 Å². The number of rotatable bonds is 2. The van der Waals surface area contributed by atoms with Crippen molar-refractivity contribution in [1.29, 1.82) is 0 Å². The molecule has 2 rings (SSSR count). The second-order valence-corrected chi connectivity index (χ2v) is 5.90. The van der Waals surface area contributed by atoms with E-state index >= 15 is 0 Å². The minimum Gasteiger partial charge on any atom is -0.398 e. The van der Waals surface area contributed by atoms with Crippen molar-refractivity contribution in [2.24, 2.45) is 0 Å². The van der Waals surface area contributed by atoms with Gasteiger partial charge >= 0.3 is 0 Å². The fourth-order valence-electron chi connectivity index (χ4n) is 2.32. The molecule has 0 saturated carbocycles. The zero-order valence-electron chi connectivity index (χ0n) is 11.7. The van der Waals surface area contributed by atoms with Crippen LogP contribution in [0.3, 0.4) is 0 Å². The molecule has 0 saturated heterocycles. The number of nitrogen functional groups attached to an aromatic ring is 1. The second-order valence-electron chi connectivity index (χ2n) is 5.90. The first-order valence-corrected chi connectivity index (χ1v) is 6.62. The molecular weight excluding hydrogens is 220 g/mol. The Morgan fingerprint density at radius 1 is 1.22 bits per heavy atom. The van der Waals surface area contributed by atoms with Crippen LogP contribution in [0.25, 0.3) is 10.9 Å². The van der Waals surface area contributed by atoms with E-state index in [0.29, 0.717) is 0 Å². The summed E-state index contributed by atoms with van der Waals surface area (Å²) < 4.78 is 0. The molecule has 18 heavy (non-hydrogen) atoms. The van der Waals surface area contributed by atoms with Gasteiger partial charge in [-0.05, 0) is 23.5 Å². The van der Waals surface area contributed by atoms with Crippen molar-refractivity contribution in [3.8, 4) is 0 Å². The maximum atomic E-state index is 6.16. The Bertz CT molecular complexity index is 565. The Balaban J connectivity index is 2.74. The van der Waals surface area contributed by atoms with Crippen LogP contribution in [-0.4, -0.2) is 4.98 Å². The standard InChI is InChI=1S/C16H22N2/c1-5-7-11-10-14(17)12-8-6-9-13(15(12)18-11)16(2,3)4/h6,8-10H,5,7H2,1-4H3,(H2,17,18). The third-order valence-corrected chi connectivity index (χ3v) is 3.24. The first kappa shape index (κ1) is 12.9. The van der Waals surface area contributed by atoms with Gasteiger partial charge in [0.05, 0.1) is 5.52 Å². The van der Waals surface area contributed by atoms with Crippen molar-refractivity contribution in [1.82, 2.24) is 4.98 Å². The number of benzene rings is 1. The summed E-state index contributed by atoms with van der Waals surface area (Å²) in [6, 6.07) is 8.30. The van der Waals surface area contributed by atoms with Crippen LogP contribution < -0.4 is 5.73 Å². The molecule has 0 aliphatic heterocycles. The molecule has 0 spiro atoms. The minimum absolute atomic E-state index is 0.0871. The fourth-order valence-corrected chi connectivity index (χ4v) is 2.32. The second kappa shape index (κ2) is 4.60. The van der Waals surface area contributed by atoms with E-state index in [9.17, 15) is 0 Å². The van der Waals surface area contributed by atoms with Gasteiger partial charge in [0.25, 0.3) is 0 Å². The maximum Gasteiger partial charge on any atom is 0.0763 e. The van der Waals surface area contributed by atoms with Crippen molar-refractivity contribution in [2.45, 2.75) is 46.0 Å². The Hall–Kier alpha value is -1.57. The van der Waals surface area contributed by atoms with Gasteiger partial charge in [-0.15, -0.1) is 0 Å². The van der Waals surface area contributed by atoms with E-state index in [-0.39, 0.29) is 5.41 Å². The lowest BCUT2D eigenvalue weighted by Gasteiger charge is -2.21. The highest BCUT2D eigenvalue weighted by atomic mass is 14.7. The summed E-state index contributed by atoms with van der Waals surface area (Å²) in [6.07, 6.45) is 2.08. The lowest BCUT2D eigenvalue weighted by Crippen LogP contribution is -2.13. The summed E-state index contributed by atoms with van der Waals surface area (Å²) in [4.78, 5) is 4.81. The van der Waals surface area contributed by atoms with E-state index in [2.05, 4.69) is 45.9 Å². The fraction of sp³-hybridized carbons (Fsp3) is 0.438. The van der Waals surface area contributed by atoms with Crippen molar-refractivity contribution in [2.75, 3.05) is 5.73 Å². The molecule has 0 fully saturated rings. The number of aryl methyl sites for hydroxylation is 1. The zero-order chi connectivity index (χ0) is 13.3. The first-order chi connectivity index (χ1) is 8.43. The largest absolute Gasteiger partial charge is 0.398 e. The maximum absolute atomic E-state index is 6.16. The van der Waals surface area contributed by atoms with Crippen molar-refractivity contribution >= 4 is 16.6 Å². The molecule has 96 valence electrons. The van der Waals surface area contributed by atoms with E-state index in [1.54, 1.807) is 0 Å². The number of para-hydroxylation sites is 1. The predicted molar refractivity (Wildman–Crippen MR) is 78.9 cm³/mol. The Kier molecular flexibility index (Phi) is 3.29. The number of fused-ring (bicyclic) bond motifs is 1. The van der Waals surface area contributed by atoms with Gasteiger partial charge < -0.3 is 5.73 Å². The molecule has 0 atom stereocenters. The molecule has 2 N–H and O–H groups in total. The number of pyridine rings is 1. The molecule has 0 bridgehead atoms. The summed E-state index contributed by atoms with van der Waals surface area (Å²) in [5.74, 6) is 0. The molecular formula is C16H22N2. The zero-order valence-corrected chi connectivity index (χ0v) is 11.7. The molecule has 0 radical (unpaired) electrons. The molecule has 0 aliphatic carbocycles. The highest BCUT2D eigenvalue weighted by Crippen LogP contribution is 2.31. The number of aromatic nitrogens is 1. The summed E-state index contributed by atoms with van der Waals surface area (Å²) >= 11 is 0. The number of hydrogen-bond acceptors (Lipinski definition) is 2. The molecule has 0 unspecified atom stereocenters. The lowest BCUT2D eigenvalue weighted by molar-refractivity contribution is 0.594. The van der Waals surface area contributed by atoms with Gasteiger partial charge in [0.1, 0.15) is 0 Å². The highest BCUT2D eigenvalue weighted by Gasteiger charge is 2.18. The lowest BCUT2D eigenvalue weighted by atomic mass is 9.85. The van der Waals surface area contributed by atoms with Crippen molar-refractivity contribution in [3.63, 3.8) is 0 Å². The number of hydrogen-bond donors (Lipinski definition) is 1. The first-order valence-electron chi connectivity index (χ1n) is 6.62. The van der Waals surface area contributed by atoms with Crippen LogP contribution >= 0.6 is 0 Å². The summed E-state index contributed by atoms with van der Waals surface area (Å²) in [6.45, 7) is 8.81. The molecule has 2 nitrogen and oxygen atoms in total. The molecule has 2 aromatic rings. The predicted octanol–water partition coefficient (Wildman–Crippen LogP) is 4.07. The summed E-state index contributed by atoms with van der Waals surface area (Å²) in [5, 5.41) is 1.07. The molecule has 0 amide bonds. The Morgan fingerprint density at radius 2 is 1.94 bits per heavy atom. The number of anilines is 1. The SMILES string of the molecule is CCCc1cc(N)c2cccc(C(C)(C)C)c2n1. The number of nitrogens with zero attached hydrogens (tertiary/aromatic N) is 1. The molecule has 1 heterocycles. The quantitative estimate of drug-likeness (QED) is 0.862. The van der Waals surface area contributed by atoms with Gasteiger partial charge in [0.2, 0.25) is 0 Å². The third-order valence-electron chi connectivity index (χ3n) is 3.24. The van der Waals surface area contributed by atoms with E-state index in [0.717, 1.165) is 35.1 Å². The topological polar surface area (TPSA) is 38.9 Å². The van der Waals surface area contributed by atoms with Crippen LogP contribution in [-0.2, 0) is 11.8 Å². The Morgan fingerprint density at radius 3 is 2.56 bits per heavy atom. The van der Waals surface area contributed by atoms with Gasteiger partial charge in [0.15, 0.2) is 0 Å². The number of nitrogens with two attached hydrogens (primary N) is 1. The van der Waals surface area contributed by atoms with E-state index in [1.807, 2.05) is 6.07 Å². The smallest absolute Gasteiger partial charge is 0.0763 e. The monoisotopic (exact) mass is 242 g/mol. The van der Waals surface area contributed by atoms with Gasteiger partial charge in [-0.1, -0.05) is 52.3 Å². The minimum atomic E-state index is 0.0871. The molecule has 2 heteroatoms. The van der Waals surface area contributed by atoms with Gasteiger partial charge in [-0.25, -0.2) is 0 Å². The molecule has 0 aliphatic rings. The van der Waals surface area contributed by atoms with Gasteiger partial charge in [-0.3, -0.25) is 4.98 Å². The van der Waals surface area contributed by atoms with Crippen LogP contribution in [0.15, 0.2) is 24.3 Å². The normalized spacial score (nSPS) is 12.0. The van der Waals surface area contributed by atoms with E-state index in [1.165, 1.54) is 5.56 Å². The van der Waals surface area contributed by atoms with Crippen molar-refractivity contribution < 1.29 is 0 Å². The van der Waals surface area contributed by atoms with Crippen molar-refractivity contribution in [3.05, 3.63) is 35.5 Å². The summed E-state index contributed by atoms with van der Waals surface area (Å²) in [7, 11) is 0. The van der Waals surface area contributed by atoms with Gasteiger partial charge in [-0.2, -0.15) is 0 Å². The van der Waals surface area contributed by atoms with Crippen LogP contribution in [0.1, 0.15) is 45.4 Å². The summed E-state index contributed by atoms with van der Waals surface area (Å²) in [5.41, 5.74) is 10.5. The molecule has 1 aromatic carbocycles. The molecule has 1 aromatic heterocycles. The van der Waals surface area contributed by atoms with E-state index < -0.39 is 0 Å². The van der Waals surface area contributed by atoms with Gasteiger partial charge in [0, 0.05) is 16.8 Å².